The predicted molar refractivity (Wildman–Crippen MR) is 135 cm³/mol. The largest absolute Gasteiger partial charge is 0.367 e. The Balaban J connectivity index is 1.57. The fourth-order valence-corrected chi connectivity index (χ4v) is 4.17. The molecule has 1 heterocycles. The first kappa shape index (κ1) is 24.3. The maximum absolute atomic E-state index is 12.4. The average Bonchev–Trinajstić information content (AvgIpc) is 2.76. The maximum Gasteiger partial charge on any atom is 0.257 e. The number of rotatable bonds is 5. The maximum atomic E-state index is 12.4. The van der Waals surface area contributed by atoms with E-state index in [4.69, 9.17) is 35.4 Å². The standard InChI is InChI=1S/C23H26Cl2N4O2S/c1-3-4-21(30)29-11-9-28(10-12-29)20-8-7-17(14-19(20)25)26-23(32)27-22(31)16-6-5-15(2)18(24)13-16/h5-8,13-14H,3-4,9-12H2,1-2H3,(H2,26,27,31,32). The number of halogens is 2. The summed E-state index contributed by atoms with van der Waals surface area (Å²) in [6.45, 7) is 6.72. The summed E-state index contributed by atoms with van der Waals surface area (Å²) in [7, 11) is 0. The molecule has 0 bridgehead atoms. The van der Waals surface area contributed by atoms with E-state index in [-0.39, 0.29) is 16.9 Å². The lowest BCUT2D eigenvalue weighted by Gasteiger charge is -2.36. The van der Waals surface area contributed by atoms with Crippen molar-refractivity contribution in [3.8, 4) is 0 Å². The predicted octanol–water partition coefficient (Wildman–Crippen LogP) is 4.88. The zero-order valence-corrected chi connectivity index (χ0v) is 20.4. The number of carbonyl (C=O) groups is 2. The van der Waals surface area contributed by atoms with Gasteiger partial charge in [-0.3, -0.25) is 14.9 Å². The number of piperazine rings is 1. The monoisotopic (exact) mass is 492 g/mol. The van der Waals surface area contributed by atoms with Gasteiger partial charge in [0, 0.05) is 48.9 Å². The summed E-state index contributed by atoms with van der Waals surface area (Å²) in [5.41, 5.74) is 2.90. The Morgan fingerprint density at radius 2 is 1.75 bits per heavy atom. The summed E-state index contributed by atoms with van der Waals surface area (Å²) in [6, 6.07) is 10.6. The van der Waals surface area contributed by atoms with E-state index in [0.29, 0.717) is 40.8 Å². The number of anilines is 2. The van der Waals surface area contributed by atoms with Gasteiger partial charge in [-0.15, -0.1) is 0 Å². The minimum atomic E-state index is -0.345. The van der Waals surface area contributed by atoms with E-state index in [1.165, 1.54) is 0 Å². The molecule has 2 N–H and O–H groups in total. The number of carbonyl (C=O) groups excluding carboxylic acids is 2. The van der Waals surface area contributed by atoms with Crippen LogP contribution in [0.5, 0.6) is 0 Å². The van der Waals surface area contributed by atoms with Crippen molar-refractivity contribution in [2.24, 2.45) is 0 Å². The van der Waals surface area contributed by atoms with Crippen LogP contribution in [0.4, 0.5) is 11.4 Å². The molecule has 2 aromatic carbocycles. The first-order valence-electron chi connectivity index (χ1n) is 10.5. The average molecular weight is 493 g/mol. The topological polar surface area (TPSA) is 64.7 Å². The summed E-state index contributed by atoms with van der Waals surface area (Å²) < 4.78 is 0. The van der Waals surface area contributed by atoms with Crippen LogP contribution in [0.25, 0.3) is 0 Å². The van der Waals surface area contributed by atoms with E-state index in [0.717, 1.165) is 30.8 Å². The van der Waals surface area contributed by atoms with Crippen molar-refractivity contribution in [3.63, 3.8) is 0 Å². The van der Waals surface area contributed by atoms with Crippen LogP contribution in [-0.2, 0) is 4.79 Å². The molecule has 170 valence electrons. The van der Waals surface area contributed by atoms with Crippen LogP contribution in [-0.4, -0.2) is 48.0 Å². The highest BCUT2D eigenvalue weighted by Crippen LogP contribution is 2.30. The molecular formula is C23H26Cl2N4O2S. The molecule has 0 atom stereocenters. The second kappa shape index (κ2) is 11.0. The van der Waals surface area contributed by atoms with Crippen molar-refractivity contribution in [2.75, 3.05) is 36.4 Å². The van der Waals surface area contributed by atoms with Crippen molar-refractivity contribution in [2.45, 2.75) is 26.7 Å². The van der Waals surface area contributed by atoms with Crippen molar-refractivity contribution in [3.05, 3.63) is 57.6 Å². The Labute approximate surface area is 203 Å². The molecule has 0 spiro atoms. The van der Waals surface area contributed by atoms with Gasteiger partial charge in [0.15, 0.2) is 5.11 Å². The second-order valence-electron chi connectivity index (χ2n) is 7.66. The van der Waals surface area contributed by atoms with Crippen LogP contribution < -0.4 is 15.5 Å². The van der Waals surface area contributed by atoms with Crippen LogP contribution in [0, 0.1) is 6.92 Å². The van der Waals surface area contributed by atoms with Crippen molar-refractivity contribution in [1.82, 2.24) is 10.2 Å². The van der Waals surface area contributed by atoms with E-state index in [2.05, 4.69) is 15.5 Å². The normalized spacial score (nSPS) is 13.6. The molecule has 0 aliphatic carbocycles. The van der Waals surface area contributed by atoms with Gasteiger partial charge in [-0.05, 0) is 61.5 Å². The van der Waals surface area contributed by atoms with Crippen LogP contribution >= 0.6 is 35.4 Å². The van der Waals surface area contributed by atoms with Crippen molar-refractivity contribution >= 4 is 63.7 Å². The molecule has 1 fully saturated rings. The van der Waals surface area contributed by atoms with Crippen LogP contribution in [0.2, 0.25) is 10.0 Å². The highest BCUT2D eigenvalue weighted by molar-refractivity contribution is 7.80. The highest BCUT2D eigenvalue weighted by atomic mass is 35.5. The number of amides is 2. The number of aryl methyl sites for hydroxylation is 1. The lowest BCUT2D eigenvalue weighted by molar-refractivity contribution is -0.131. The molecule has 9 heteroatoms. The summed E-state index contributed by atoms with van der Waals surface area (Å²) >= 11 is 17.9. The summed E-state index contributed by atoms with van der Waals surface area (Å²) in [4.78, 5) is 28.6. The zero-order valence-electron chi connectivity index (χ0n) is 18.1. The summed E-state index contributed by atoms with van der Waals surface area (Å²) in [6.07, 6.45) is 1.45. The fraction of sp³-hybridized carbons (Fsp3) is 0.348. The van der Waals surface area contributed by atoms with Gasteiger partial charge in [0.05, 0.1) is 10.7 Å². The third-order valence-electron chi connectivity index (χ3n) is 5.30. The van der Waals surface area contributed by atoms with Gasteiger partial charge < -0.3 is 15.1 Å². The van der Waals surface area contributed by atoms with Crippen LogP contribution in [0.3, 0.4) is 0 Å². The van der Waals surface area contributed by atoms with Crippen molar-refractivity contribution < 1.29 is 9.59 Å². The summed E-state index contributed by atoms with van der Waals surface area (Å²) in [5.74, 6) is -0.135. The Morgan fingerprint density at radius 1 is 1.03 bits per heavy atom. The molecule has 0 unspecified atom stereocenters. The lowest BCUT2D eigenvalue weighted by Crippen LogP contribution is -2.48. The van der Waals surface area contributed by atoms with Gasteiger partial charge in [-0.25, -0.2) is 0 Å². The van der Waals surface area contributed by atoms with Crippen LogP contribution in [0.1, 0.15) is 35.7 Å². The molecule has 2 aromatic rings. The van der Waals surface area contributed by atoms with Gasteiger partial charge in [-0.1, -0.05) is 36.2 Å². The number of benzene rings is 2. The number of thiocarbonyl (C=S) groups is 1. The first-order chi connectivity index (χ1) is 15.3. The van der Waals surface area contributed by atoms with E-state index in [1.807, 2.05) is 30.9 Å². The minimum absolute atomic E-state index is 0.165. The third kappa shape index (κ3) is 6.12. The Bertz CT molecular complexity index is 1020. The molecule has 6 nitrogen and oxygen atoms in total. The third-order valence-corrected chi connectivity index (χ3v) is 6.22. The van der Waals surface area contributed by atoms with Gasteiger partial charge in [0.1, 0.15) is 0 Å². The number of nitrogens with one attached hydrogen (secondary N) is 2. The summed E-state index contributed by atoms with van der Waals surface area (Å²) in [5, 5.41) is 6.89. The van der Waals surface area contributed by atoms with E-state index >= 15 is 0 Å². The molecule has 1 aliphatic rings. The van der Waals surface area contributed by atoms with Crippen molar-refractivity contribution in [1.29, 1.82) is 0 Å². The van der Waals surface area contributed by atoms with Gasteiger partial charge in [0.25, 0.3) is 5.91 Å². The smallest absolute Gasteiger partial charge is 0.257 e. The molecule has 0 aromatic heterocycles. The first-order valence-corrected chi connectivity index (χ1v) is 11.7. The molecule has 1 saturated heterocycles. The second-order valence-corrected chi connectivity index (χ2v) is 8.88. The van der Waals surface area contributed by atoms with Gasteiger partial charge in [-0.2, -0.15) is 0 Å². The van der Waals surface area contributed by atoms with Gasteiger partial charge in [0.2, 0.25) is 5.91 Å². The zero-order chi connectivity index (χ0) is 23.3. The number of hydrogen-bond acceptors (Lipinski definition) is 4. The van der Waals surface area contributed by atoms with E-state index in [1.54, 1.807) is 24.3 Å². The number of hydrogen-bond donors (Lipinski definition) is 2. The fourth-order valence-electron chi connectivity index (χ4n) is 3.48. The minimum Gasteiger partial charge on any atom is -0.367 e. The molecule has 0 saturated carbocycles. The van der Waals surface area contributed by atoms with Gasteiger partial charge >= 0.3 is 0 Å². The Hall–Kier alpha value is -2.35. The molecular weight excluding hydrogens is 467 g/mol. The Kier molecular flexibility index (Phi) is 8.34. The van der Waals surface area contributed by atoms with Crippen LogP contribution in [0.15, 0.2) is 36.4 Å². The molecule has 2 amide bonds. The SMILES string of the molecule is CCCC(=O)N1CCN(c2ccc(NC(=S)NC(=O)c3ccc(C)c(Cl)c3)cc2Cl)CC1. The van der Waals surface area contributed by atoms with E-state index in [9.17, 15) is 9.59 Å². The quantitative estimate of drug-likeness (QED) is 0.582. The lowest BCUT2D eigenvalue weighted by atomic mass is 10.1. The Morgan fingerprint density at radius 3 is 2.38 bits per heavy atom. The molecule has 32 heavy (non-hydrogen) atoms. The molecule has 3 rings (SSSR count). The highest BCUT2D eigenvalue weighted by Gasteiger charge is 2.22. The molecule has 0 radical (unpaired) electrons. The molecule has 1 aliphatic heterocycles. The number of nitrogens with zero attached hydrogens (tertiary/aromatic N) is 2. The van der Waals surface area contributed by atoms with E-state index < -0.39 is 0 Å².